The van der Waals surface area contributed by atoms with E-state index in [1.54, 1.807) is 36.4 Å². The van der Waals surface area contributed by atoms with E-state index in [2.05, 4.69) is 21.2 Å². The Bertz CT molecular complexity index is 790. The molecule has 0 atom stereocenters. The lowest BCUT2D eigenvalue weighted by atomic mass is 10.2. The Morgan fingerprint density at radius 1 is 1.33 bits per heavy atom. The minimum Gasteiger partial charge on any atom is -0.490 e. The summed E-state index contributed by atoms with van der Waals surface area (Å²) in [6.07, 6.45) is 0. The Labute approximate surface area is 153 Å². The molecule has 24 heavy (non-hydrogen) atoms. The maximum absolute atomic E-state index is 12.0. The molecule has 124 valence electrons. The van der Waals surface area contributed by atoms with Crippen molar-refractivity contribution in [1.82, 2.24) is 0 Å². The van der Waals surface area contributed by atoms with Crippen molar-refractivity contribution in [2.45, 2.75) is 6.92 Å². The fourth-order valence-electron chi connectivity index (χ4n) is 1.92. The first-order valence-corrected chi connectivity index (χ1v) is 8.25. The molecule has 7 heteroatoms. The molecule has 0 fully saturated rings. The fourth-order valence-corrected chi connectivity index (χ4v) is 2.66. The topological polar surface area (TPSA) is 71.3 Å². The van der Waals surface area contributed by atoms with Crippen molar-refractivity contribution < 1.29 is 14.3 Å². The van der Waals surface area contributed by atoms with Crippen LogP contribution >= 0.6 is 27.5 Å². The minimum absolute atomic E-state index is 0.226. The number of nitrogens with zero attached hydrogens (tertiary/aromatic N) is 1. The molecule has 0 bridgehead atoms. The van der Waals surface area contributed by atoms with E-state index in [4.69, 9.17) is 26.3 Å². The summed E-state index contributed by atoms with van der Waals surface area (Å²) in [5, 5.41) is 12.1. The van der Waals surface area contributed by atoms with Crippen molar-refractivity contribution >= 4 is 39.1 Å². The van der Waals surface area contributed by atoms with Crippen molar-refractivity contribution in [3.05, 3.63) is 51.5 Å². The van der Waals surface area contributed by atoms with Crippen LogP contribution in [-0.2, 0) is 4.79 Å². The van der Waals surface area contributed by atoms with Gasteiger partial charge in [0.25, 0.3) is 5.91 Å². The highest BCUT2D eigenvalue weighted by molar-refractivity contribution is 9.10. The first-order chi connectivity index (χ1) is 11.5. The molecule has 0 unspecified atom stereocenters. The molecule has 0 saturated carbocycles. The zero-order chi connectivity index (χ0) is 17.5. The van der Waals surface area contributed by atoms with Crippen LogP contribution in [0.2, 0.25) is 5.02 Å². The third kappa shape index (κ3) is 4.63. The molecule has 2 aromatic carbocycles. The summed E-state index contributed by atoms with van der Waals surface area (Å²) in [5.74, 6) is 0.404. The SMILES string of the molecule is CCOc1cc(C#N)cc(Br)c1OCC(=O)Nc1ccccc1Cl. The van der Waals surface area contributed by atoms with Gasteiger partial charge in [-0.15, -0.1) is 0 Å². The molecule has 5 nitrogen and oxygen atoms in total. The van der Waals surface area contributed by atoms with Gasteiger partial charge in [-0.3, -0.25) is 4.79 Å². The number of rotatable bonds is 6. The maximum atomic E-state index is 12.0. The molecular weight excluding hydrogens is 396 g/mol. The first-order valence-electron chi connectivity index (χ1n) is 7.08. The zero-order valence-electron chi connectivity index (χ0n) is 12.8. The van der Waals surface area contributed by atoms with Crippen LogP contribution in [-0.4, -0.2) is 19.1 Å². The van der Waals surface area contributed by atoms with Crippen LogP contribution in [0.25, 0.3) is 0 Å². The van der Waals surface area contributed by atoms with Gasteiger partial charge in [0.2, 0.25) is 0 Å². The minimum atomic E-state index is -0.359. The molecule has 2 aromatic rings. The average Bonchev–Trinajstić information content (AvgIpc) is 2.56. The Kier molecular flexibility index (Phi) is 6.47. The Hall–Kier alpha value is -2.23. The molecule has 0 aromatic heterocycles. The molecule has 1 N–H and O–H groups in total. The van der Waals surface area contributed by atoms with Gasteiger partial charge in [0.1, 0.15) is 0 Å². The predicted octanol–water partition coefficient (Wildman–Crippen LogP) is 4.39. The number of anilines is 1. The molecule has 0 aliphatic rings. The van der Waals surface area contributed by atoms with Gasteiger partial charge in [0, 0.05) is 6.07 Å². The van der Waals surface area contributed by atoms with E-state index >= 15 is 0 Å². The van der Waals surface area contributed by atoms with Crippen molar-refractivity contribution in [1.29, 1.82) is 5.26 Å². The summed E-state index contributed by atoms with van der Waals surface area (Å²) in [4.78, 5) is 12.0. The van der Waals surface area contributed by atoms with Crippen LogP contribution in [0.3, 0.4) is 0 Å². The molecule has 0 saturated heterocycles. The van der Waals surface area contributed by atoms with Crippen LogP contribution in [0.15, 0.2) is 40.9 Å². The van der Waals surface area contributed by atoms with Gasteiger partial charge >= 0.3 is 0 Å². The van der Waals surface area contributed by atoms with Gasteiger partial charge in [-0.05, 0) is 41.1 Å². The molecule has 0 aliphatic heterocycles. The highest BCUT2D eigenvalue weighted by Gasteiger charge is 2.14. The van der Waals surface area contributed by atoms with E-state index in [1.807, 2.05) is 13.0 Å². The van der Waals surface area contributed by atoms with Gasteiger partial charge in [-0.25, -0.2) is 0 Å². The summed E-state index contributed by atoms with van der Waals surface area (Å²) in [6.45, 7) is 2.00. The quantitative estimate of drug-likeness (QED) is 0.768. The van der Waals surface area contributed by atoms with Crippen molar-refractivity contribution in [2.24, 2.45) is 0 Å². The summed E-state index contributed by atoms with van der Waals surface area (Å²) in [7, 11) is 0. The fraction of sp³-hybridized carbons (Fsp3) is 0.176. The normalized spacial score (nSPS) is 9.92. The number of carbonyl (C=O) groups is 1. The number of hydrogen-bond donors (Lipinski definition) is 1. The Morgan fingerprint density at radius 3 is 2.75 bits per heavy atom. The van der Waals surface area contributed by atoms with Crippen molar-refractivity contribution in [3.63, 3.8) is 0 Å². The van der Waals surface area contributed by atoms with Crippen molar-refractivity contribution in [2.75, 3.05) is 18.5 Å². The molecule has 0 radical (unpaired) electrons. The van der Waals surface area contributed by atoms with Crippen LogP contribution in [0.1, 0.15) is 12.5 Å². The Balaban J connectivity index is 2.10. The number of carbonyl (C=O) groups excluding carboxylic acids is 1. The summed E-state index contributed by atoms with van der Waals surface area (Å²) in [6, 6.07) is 12.1. The maximum Gasteiger partial charge on any atom is 0.262 e. The predicted molar refractivity (Wildman–Crippen MR) is 95.6 cm³/mol. The molecule has 0 heterocycles. The second-order valence-corrected chi connectivity index (χ2v) is 5.91. The van der Waals surface area contributed by atoms with Crippen LogP contribution in [0.5, 0.6) is 11.5 Å². The number of nitrogens with one attached hydrogen (secondary N) is 1. The standard InChI is InChI=1S/C17H14BrClN2O3/c1-2-23-15-8-11(9-20)7-12(18)17(15)24-10-16(22)21-14-6-4-3-5-13(14)19/h3-8H,2,10H2,1H3,(H,21,22). The summed E-state index contributed by atoms with van der Waals surface area (Å²) < 4.78 is 11.6. The highest BCUT2D eigenvalue weighted by Crippen LogP contribution is 2.36. The number of ether oxygens (including phenoxy) is 2. The number of hydrogen-bond acceptors (Lipinski definition) is 4. The number of amides is 1. The lowest BCUT2D eigenvalue weighted by Crippen LogP contribution is -2.20. The van der Waals surface area contributed by atoms with Crippen LogP contribution in [0.4, 0.5) is 5.69 Å². The van der Waals surface area contributed by atoms with Crippen molar-refractivity contribution in [3.8, 4) is 17.6 Å². The summed E-state index contributed by atoms with van der Waals surface area (Å²) >= 11 is 9.33. The third-order valence-corrected chi connectivity index (χ3v) is 3.85. The average molecular weight is 410 g/mol. The lowest BCUT2D eigenvalue weighted by molar-refractivity contribution is -0.118. The zero-order valence-corrected chi connectivity index (χ0v) is 15.1. The highest BCUT2D eigenvalue weighted by atomic mass is 79.9. The van der Waals surface area contributed by atoms with Crippen LogP contribution in [0, 0.1) is 11.3 Å². The van der Waals surface area contributed by atoms with Gasteiger partial charge < -0.3 is 14.8 Å². The van der Waals surface area contributed by atoms with Gasteiger partial charge in [-0.2, -0.15) is 5.26 Å². The van der Waals surface area contributed by atoms with E-state index in [0.717, 1.165) is 0 Å². The summed E-state index contributed by atoms with van der Waals surface area (Å²) in [5.41, 5.74) is 0.940. The number of benzene rings is 2. The Morgan fingerprint density at radius 2 is 2.08 bits per heavy atom. The van der Waals surface area contributed by atoms with Gasteiger partial charge in [0.05, 0.1) is 33.4 Å². The van der Waals surface area contributed by atoms with E-state index in [9.17, 15) is 4.79 Å². The first kappa shape index (κ1) is 18.1. The molecule has 0 spiro atoms. The monoisotopic (exact) mass is 408 g/mol. The lowest BCUT2D eigenvalue weighted by Gasteiger charge is -2.14. The third-order valence-electron chi connectivity index (χ3n) is 2.93. The number of halogens is 2. The van der Waals surface area contributed by atoms with E-state index in [-0.39, 0.29) is 12.5 Å². The van der Waals surface area contributed by atoms with Gasteiger partial charge in [-0.1, -0.05) is 23.7 Å². The van der Waals surface area contributed by atoms with E-state index in [1.165, 1.54) is 0 Å². The molecule has 2 rings (SSSR count). The second kappa shape index (κ2) is 8.57. The smallest absolute Gasteiger partial charge is 0.262 e. The van der Waals surface area contributed by atoms with Crippen LogP contribution < -0.4 is 14.8 Å². The van der Waals surface area contributed by atoms with E-state index in [0.29, 0.717) is 38.9 Å². The van der Waals surface area contributed by atoms with Gasteiger partial charge in [0.15, 0.2) is 18.1 Å². The largest absolute Gasteiger partial charge is 0.490 e. The number of para-hydroxylation sites is 1. The molecule has 0 aliphatic carbocycles. The molecule has 1 amide bonds. The number of nitriles is 1. The second-order valence-electron chi connectivity index (χ2n) is 4.65. The molecular formula is C17H14BrClN2O3. The van der Waals surface area contributed by atoms with E-state index < -0.39 is 0 Å².